The maximum absolute atomic E-state index is 12.0. The third-order valence-electron chi connectivity index (χ3n) is 2.80. The van der Waals surface area contributed by atoms with E-state index in [0.717, 1.165) is 17.8 Å². The van der Waals surface area contributed by atoms with Crippen LogP contribution in [0, 0.1) is 6.92 Å². The van der Waals surface area contributed by atoms with Crippen molar-refractivity contribution < 1.29 is 0 Å². The Morgan fingerprint density at radius 3 is 2.94 bits per heavy atom. The van der Waals surface area contributed by atoms with Crippen molar-refractivity contribution in [3.63, 3.8) is 0 Å². The molecule has 5 nitrogen and oxygen atoms in total. The minimum Gasteiger partial charge on any atom is -0.329 e. The van der Waals surface area contributed by atoms with Crippen LogP contribution in [0.5, 0.6) is 0 Å². The van der Waals surface area contributed by atoms with Gasteiger partial charge in [-0.2, -0.15) is 0 Å². The summed E-state index contributed by atoms with van der Waals surface area (Å²) in [7, 11) is 1.96. The first-order valence-corrected chi connectivity index (χ1v) is 5.97. The van der Waals surface area contributed by atoms with Crippen molar-refractivity contribution in [1.29, 1.82) is 0 Å². The van der Waals surface area contributed by atoms with Crippen molar-refractivity contribution >= 4 is 5.65 Å². The van der Waals surface area contributed by atoms with E-state index in [1.54, 1.807) is 16.7 Å². The number of aromatic nitrogens is 2. The van der Waals surface area contributed by atoms with Crippen LogP contribution in [0.2, 0.25) is 0 Å². The van der Waals surface area contributed by atoms with E-state index in [-0.39, 0.29) is 5.56 Å². The maximum Gasteiger partial charge on any atom is 0.258 e. The summed E-state index contributed by atoms with van der Waals surface area (Å²) in [5, 5.41) is 0. The molecular weight excluding hydrogens is 228 g/mol. The molecule has 0 fully saturated rings. The molecule has 2 aromatic heterocycles. The van der Waals surface area contributed by atoms with Crippen molar-refractivity contribution in [2.75, 3.05) is 20.1 Å². The van der Waals surface area contributed by atoms with Gasteiger partial charge in [0.25, 0.3) is 5.56 Å². The molecule has 0 aliphatic rings. The summed E-state index contributed by atoms with van der Waals surface area (Å²) in [6.07, 6.45) is 1.80. The van der Waals surface area contributed by atoms with Crippen LogP contribution < -0.4 is 11.3 Å². The first-order valence-electron chi connectivity index (χ1n) is 5.97. The van der Waals surface area contributed by atoms with Crippen molar-refractivity contribution in [1.82, 2.24) is 14.3 Å². The Balaban J connectivity index is 2.37. The number of nitrogens with zero attached hydrogens (tertiary/aromatic N) is 3. The zero-order valence-corrected chi connectivity index (χ0v) is 10.8. The van der Waals surface area contributed by atoms with E-state index in [1.807, 2.05) is 31.0 Å². The molecule has 0 saturated heterocycles. The van der Waals surface area contributed by atoms with Crippen LogP contribution in [0.15, 0.2) is 29.2 Å². The predicted molar refractivity (Wildman–Crippen MR) is 71.6 cm³/mol. The lowest BCUT2D eigenvalue weighted by Gasteiger charge is -2.14. The summed E-state index contributed by atoms with van der Waals surface area (Å²) in [6.45, 7) is 3.98. The molecule has 0 spiro atoms. The van der Waals surface area contributed by atoms with E-state index < -0.39 is 0 Å². The summed E-state index contributed by atoms with van der Waals surface area (Å²) in [6, 6.07) is 5.40. The van der Waals surface area contributed by atoms with E-state index in [4.69, 9.17) is 5.73 Å². The predicted octanol–water partition coefficient (Wildman–Crippen LogP) is 0.393. The molecule has 0 bridgehead atoms. The van der Waals surface area contributed by atoms with Crippen molar-refractivity contribution in [3.8, 4) is 0 Å². The second-order valence-corrected chi connectivity index (χ2v) is 4.55. The van der Waals surface area contributed by atoms with Crippen LogP contribution in [0.4, 0.5) is 0 Å². The molecule has 0 radical (unpaired) electrons. The lowest BCUT2D eigenvalue weighted by Crippen LogP contribution is -2.26. The number of pyridine rings is 1. The smallest absolute Gasteiger partial charge is 0.258 e. The highest BCUT2D eigenvalue weighted by atomic mass is 16.1. The molecule has 0 amide bonds. The Morgan fingerprint density at radius 1 is 1.44 bits per heavy atom. The molecule has 0 atom stereocenters. The van der Waals surface area contributed by atoms with Crippen molar-refractivity contribution in [2.45, 2.75) is 13.5 Å². The molecule has 0 aliphatic heterocycles. The number of rotatable bonds is 4. The summed E-state index contributed by atoms with van der Waals surface area (Å²) in [4.78, 5) is 18.5. The fraction of sp³-hybridized carbons (Fsp3) is 0.385. The van der Waals surface area contributed by atoms with Gasteiger partial charge in [-0.25, -0.2) is 4.98 Å². The fourth-order valence-corrected chi connectivity index (χ4v) is 1.92. The Labute approximate surface area is 106 Å². The van der Waals surface area contributed by atoms with Crippen molar-refractivity contribution in [3.05, 3.63) is 46.0 Å². The fourth-order valence-electron chi connectivity index (χ4n) is 1.92. The first kappa shape index (κ1) is 12.7. The molecule has 5 heteroatoms. The number of hydrogen-bond acceptors (Lipinski definition) is 4. The summed E-state index contributed by atoms with van der Waals surface area (Å²) >= 11 is 0. The van der Waals surface area contributed by atoms with Gasteiger partial charge in [0.15, 0.2) is 0 Å². The molecule has 0 aliphatic carbocycles. The van der Waals surface area contributed by atoms with Gasteiger partial charge in [0.1, 0.15) is 5.65 Å². The number of fused-ring (bicyclic) bond motifs is 1. The highest BCUT2D eigenvalue weighted by Crippen LogP contribution is 2.03. The van der Waals surface area contributed by atoms with E-state index in [1.165, 1.54) is 0 Å². The van der Waals surface area contributed by atoms with E-state index >= 15 is 0 Å². The quantitative estimate of drug-likeness (QED) is 0.848. The highest BCUT2D eigenvalue weighted by molar-refractivity contribution is 5.39. The SMILES string of the molecule is Cc1ccc2nc(CN(C)CCN)cc(=O)n2c1. The molecular formula is C13H18N4O. The molecule has 18 heavy (non-hydrogen) atoms. The monoisotopic (exact) mass is 246 g/mol. The van der Waals surface area contributed by atoms with Crippen LogP contribution in [0.25, 0.3) is 5.65 Å². The number of nitrogens with two attached hydrogens (primary N) is 1. The zero-order chi connectivity index (χ0) is 13.1. The van der Waals surface area contributed by atoms with Gasteiger partial charge in [-0.1, -0.05) is 6.07 Å². The van der Waals surface area contributed by atoms with Gasteiger partial charge in [0.05, 0.1) is 5.69 Å². The van der Waals surface area contributed by atoms with E-state index in [0.29, 0.717) is 18.7 Å². The molecule has 96 valence electrons. The van der Waals surface area contributed by atoms with Gasteiger partial charge >= 0.3 is 0 Å². The number of hydrogen-bond donors (Lipinski definition) is 1. The van der Waals surface area contributed by atoms with E-state index in [2.05, 4.69) is 4.98 Å². The van der Waals surface area contributed by atoms with Gasteiger partial charge < -0.3 is 5.73 Å². The summed E-state index contributed by atoms with van der Waals surface area (Å²) in [5.74, 6) is 0. The Hall–Kier alpha value is -1.72. The van der Waals surface area contributed by atoms with Crippen LogP contribution in [0.1, 0.15) is 11.3 Å². The maximum atomic E-state index is 12.0. The molecule has 2 aromatic rings. The van der Waals surface area contributed by atoms with Gasteiger partial charge in [-0.3, -0.25) is 14.1 Å². The van der Waals surface area contributed by atoms with Crippen LogP contribution in [-0.4, -0.2) is 34.4 Å². The first-order chi connectivity index (χ1) is 8.60. The van der Waals surface area contributed by atoms with E-state index in [9.17, 15) is 4.79 Å². The molecule has 2 heterocycles. The highest BCUT2D eigenvalue weighted by Gasteiger charge is 2.05. The minimum atomic E-state index is -0.0418. The van der Waals surface area contributed by atoms with Crippen LogP contribution in [0.3, 0.4) is 0 Å². The second kappa shape index (κ2) is 5.29. The van der Waals surface area contributed by atoms with Gasteiger partial charge in [-0.15, -0.1) is 0 Å². The summed E-state index contributed by atoms with van der Waals surface area (Å²) < 4.78 is 1.57. The molecule has 2 rings (SSSR count). The molecule has 0 aromatic carbocycles. The average Bonchev–Trinajstić information content (AvgIpc) is 2.30. The zero-order valence-electron chi connectivity index (χ0n) is 10.8. The second-order valence-electron chi connectivity index (χ2n) is 4.55. The van der Waals surface area contributed by atoms with Gasteiger partial charge in [-0.05, 0) is 25.6 Å². The topological polar surface area (TPSA) is 63.6 Å². The van der Waals surface area contributed by atoms with Gasteiger partial charge in [0.2, 0.25) is 0 Å². The Bertz CT molecular complexity index is 605. The molecule has 0 unspecified atom stereocenters. The Kier molecular flexibility index (Phi) is 3.74. The number of aryl methyl sites for hydroxylation is 1. The number of likely N-dealkylation sites (N-methyl/N-ethyl adjacent to an activating group) is 1. The van der Waals surface area contributed by atoms with Crippen LogP contribution >= 0.6 is 0 Å². The largest absolute Gasteiger partial charge is 0.329 e. The minimum absolute atomic E-state index is 0.0418. The Morgan fingerprint density at radius 2 is 2.22 bits per heavy atom. The lowest BCUT2D eigenvalue weighted by molar-refractivity contribution is 0.332. The normalized spacial score (nSPS) is 11.3. The van der Waals surface area contributed by atoms with Crippen molar-refractivity contribution in [2.24, 2.45) is 5.73 Å². The third kappa shape index (κ3) is 2.75. The molecule has 2 N–H and O–H groups in total. The van der Waals surface area contributed by atoms with Crippen LogP contribution in [-0.2, 0) is 6.54 Å². The molecule has 0 saturated carbocycles. The lowest BCUT2D eigenvalue weighted by atomic mass is 10.3. The van der Waals surface area contributed by atoms with Gasteiger partial charge in [0, 0.05) is 31.9 Å². The standard InChI is InChI=1S/C13H18N4O/c1-10-3-4-12-15-11(9-16(2)6-5-14)7-13(18)17(12)8-10/h3-4,7-8H,5-6,9,14H2,1-2H3. The average molecular weight is 246 g/mol. The third-order valence-corrected chi connectivity index (χ3v) is 2.80. The summed E-state index contributed by atoms with van der Waals surface area (Å²) in [5.41, 5.74) is 7.95.